The van der Waals surface area contributed by atoms with Crippen LogP contribution in [0.15, 0.2) is 47.7 Å². The lowest BCUT2D eigenvalue weighted by Gasteiger charge is -2.37. The molecule has 4 heterocycles. The molecular formula is C33H34ClFN8O3. The average molecular weight is 645 g/mol. The van der Waals surface area contributed by atoms with Crippen molar-refractivity contribution in [3.05, 3.63) is 70.5 Å². The summed E-state index contributed by atoms with van der Waals surface area (Å²) in [5, 5.41) is 15.4. The summed E-state index contributed by atoms with van der Waals surface area (Å²) in [6.07, 6.45) is 9.68. The fraction of sp³-hybridized carbons (Fsp3) is 0.364. The van der Waals surface area contributed by atoms with Crippen LogP contribution in [-0.4, -0.2) is 82.8 Å². The van der Waals surface area contributed by atoms with E-state index in [2.05, 4.69) is 20.6 Å². The Morgan fingerprint density at radius 2 is 1.98 bits per heavy atom. The quantitative estimate of drug-likeness (QED) is 0.383. The Hall–Kier alpha value is -4.73. The van der Waals surface area contributed by atoms with Gasteiger partial charge in [0.05, 0.1) is 23.0 Å². The second-order valence-electron chi connectivity index (χ2n) is 11.4. The van der Waals surface area contributed by atoms with Crippen molar-refractivity contribution in [3.8, 4) is 23.1 Å². The number of aliphatic imine (C=N–C) groups is 1. The predicted molar refractivity (Wildman–Crippen MR) is 173 cm³/mol. The Bertz CT molecular complexity index is 1730. The minimum atomic E-state index is -0.759. The molecule has 13 heteroatoms. The summed E-state index contributed by atoms with van der Waals surface area (Å²) >= 11 is 6.38. The van der Waals surface area contributed by atoms with Crippen LogP contribution in [-0.2, 0) is 4.79 Å². The second-order valence-corrected chi connectivity index (χ2v) is 11.8. The predicted octanol–water partition coefficient (Wildman–Crippen LogP) is 4.65. The lowest BCUT2D eigenvalue weighted by molar-refractivity contribution is -0.135. The van der Waals surface area contributed by atoms with Crippen LogP contribution >= 0.6 is 11.6 Å². The van der Waals surface area contributed by atoms with E-state index in [0.29, 0.717) is 48.8 Å². The van der Waals surface area contributed by atoms with Crippen molar-refractivity contribution in [1.82, 2.24) is 24.7 Å². The van der Waals surface area contributed by atoms with Crippen LogP contribution < -0.4 is 15.4 Å². The van der Waals surface area contributed by atoms with Gasteiger partial charge >= 0.3 is 0 Å². The smallest absolute Gasteiger partial charge is 0.254 e. The highest BCUT2D eigenvalue weighted by Gasteiger charge is 2.30. The Kier molecular flexibility index (Phi) is 9.33. The first-order valence-electron chi connectivity index (χ1n) is 15.3. The van der Waals surface area contributed by atoms with Gasteiger partial charge in [-0.25, -0.2) is 9.37 Å². The summed E-state index contributed by atoms with van der Waals surface area (Å²) in [6, 6.07) is 9.87. The fourth-order valence-corrected chi connectivity index (χ4v) is 6.33. The van der Waals surface area contributed by atoms with E-state index in [1.54, 1.807) is 35.4 Å². The topological polar surface area (TPSA) is 128 Å². The molecular weight excluding hydrogens is 611 g/mol. The molecule has 1 unspecified atom stereocenters. The third-order valence-corrected chi connectivity index (χ3v) is 8.89. The first kappa shape index (κ1) is 31.3. The van der Waals surface area contributed by atoms with Gasteiger partial charge in [-0.05, 0) is 62.2 Å². The van der Waals surface area contributed by atoms with Gasteiger partial charge in [0.15, 0.2) is 18.2 Å². The Balaban J connectivity index is 1.14. The molecule has 46 heavy (non-hydrogen) atoms. The average Bonchev–Trinajstić information content (AvgIpc) is 3.39. The number of nitrogens with zero attached hydrogens (tertiary/aromatic N) is 6. The van der Waals surface area contributed by atoms with Gasteiger partial charge < -0.3 is 25.2 Å². The van der Waals surface area contributed by atoms with Crippen molar-refractivity contribution in [2.45, 2.75) is 38.3 Å². The molecule has 2 amide bonds. The number of anilines is 1. The molecule has 2 fully saturated rings. The van der Waals surface area contributed by atoms with Gasteiger partial charge in [-0.2, -0.15) is 5.26 Å². The number of nitrogens with one attached hydrogen (secondary N) is 2. The molecule has 238 valence electrons. The molecule has 3 aliphatic rings. The van der Waals surface area contributed by atoms with Crippen LogP contribution in [0.4, 0.5) is 10.1 Å². The summed E-state index contributed by atoms with van der Waals surface area (Å²) in [4.78, 5) is 39.0. The molecule has 0 bridgehead atoms. The van der Waals surface area contributed by atoms with Crippen molar-refractivity contribution in [1.29, 1.82) is 5.26 Å². The van der Waals surface area contributed by atoms with E-state index in [4.69, 9.17) is 21.6 Å². The summed E-state index contributed by atoms with van der Waals surface area (Å²) in [6.45, 7) is 4.53. The van der Waals surface area contributed by atoms with E-state index in [9.17, 15) is 14.0 Å². The molecule has 2 N–H and O–H groups in total. The number of piperidine rings is 1. The number of halogens is 2. The number of aromatic nitrogens is 2. The van der Waals surface area contributed by atoms with Crippen LogP contribution in [0.25, 0.3) is 17.5 Å². The van der Waals surface area contributed by atoms with E-state index >= 15 is 0 Å². The van der Waals surface area contributed by atoms with E-state index < -0.39 is 11.9 Å². The highest BCUT2D eigenvalue weighted by atomic mass is 35.5. The zero-order valence-corrected chi connectivity index (χ0v) is 26.1. The highest BCUT2D eigenvalue weighted by Crippen LogP contribution is 2.36. The summed E-state index contributed by atoms with van der Waals surface area (Å²) in [5.74, 6) is -0.182. The van der Waals surface area contributed by atoms with Gasteiger partial charge in [-0.15, -0.1) is 0 Å². The number of piperazine rings is 1. The Labute approximate surface area is 271 Å². The number of carbonyl (C=O) groups excluding carboxylic acids is 2. The number of ether oxygens (including phenoxy) is 1. The number of carbonyl (C=O) groups is 2. The van der Waals surface area contributed by atoms with Gasteiger partial charge in [-0.3, -0.25) is 19.1 Å². The number of rotatable bonds is 7. The molecule has 11 nitrogen and oxygen atoms in total. The molecule has 0 radical (unpaired) electrons. The fourth-order valence-electron chi connectivity index (χ4n) is 6.08. The second kappa shape index (κ2) is 13.7. The summed E-state index contributed by atoms with van der Waals surface area (Å²) in [5.41, 5.74) is 3.14. The maximum Gasteiger partial charge on any atom is 0.254 e. The summed E-state index contributed by atoms with van der Waals surface area (Å²) in [7, 11) is 0. The Morgan fingerprint density at radius 1 is 1.17 bits per heavy atom. The third kappa shape index (κ3) is 6.34. The van der Waals surface area contributed by atoms with Crippen LogP contribution in [0.2, 0.25) is 5.02 Å². The minimum absolute atomic E-state index is 0.0551. The number of fused-ring (bicyclic) bond motifs is 1. The first-order valence-corrected chi connectivity index (χ1v) is 15.7. The van der Waals surface area contributed by atoms with Gasteiger partial charge in [-0.1, -0.05) is 18.0 Å². The largest absolute Gasteiger partial charge is 0.476 e. The number of aryl methyl sites for hydroxylation is 1. The number of nitriles is 1. The lowest BCUT2D eigenvalue weighted by Crippen LogP contribution is -2.55. The Morgan fingerprint density at radius 3 is 2.72 bits per heavy atom. The molecule has 3 aromatic rings. The molecule has 2 saturated heterocycles. The van der Waals surface area contributed by atoms with Gasteiger partial charge in [0, 0.05) is 61.6 Å². The van der Waals surface area contributed by atoms with Crippen molar-refractivity contribution in [3.63, 3.8) is 0 Å². The van der Waals surface area contributed by atoms with E-state index in [1.165, 1.54) is 6.07 Å². The van der Waals surface area contributed by atoms with E-state index in [1.807, 2.05) is 41.0 Å². The van der Waals surface area contributed by atoms with Crippen LogP contribution in [0.1, 0.15) is 47.1 Å². The van der Waals surface area contributed by atoms with Crippen LogP contribution in [0, 0.1) is 24.1 Å². The van der Waals surface area contributed by atoms with Crippen molar-refractivity contribution in [2.24, 2.45) is 4.99 Å². The van der Waals surface area contributed by atoms with Crippen molar-refractivity contribution < 1.29 is 18.7 Å². The number of amides is 2. The third-order valence-electron chi connectivity index (χ3n) is 8.52. The molecule has 6 rings (SSSR count). The van der Waals surface area contributed by atoms with Gasteiger partial charge in [0.2, 0.25) is 5.91 Å². The first-order chi connectivity index (χ1) is 22.4. The number of imidazole rings is 1. The maximum absolute atomic E-state index is 14.9. The zero-order valence-electron chi connectivity index (χ0n) is 25.4. The number of hydrogen-bond acceptors (Lipinski definition) is 8. The van der Waals surface area contributed by atoms with Crippen LogP contribution in [0.3, 0.4) is 0 Å². The number of benzene rings is 2. The van der Waals surface area contributed by atoms with E-state index in [-0.39, 0.29) is 35.2 Å². The monoisotopic (exact) mass is 644 g/mol. The van der Waals surface area contributed by atoms with Gasteiger partial charge in [0.25, 0.3) is 5.91 Å². The zero-order chi connectivity index (χ0) is 32.2. The lowest BCUT2D eigenvalue weighted by atomic mass is 10.0. The highest BCUT2D eigenvalue weighted by molar-refractivity contribution is 6.33. The molecule has 0 aliphatic carbocycles. The molecule has 0 saturated carbocycles. The van der Waals surface area contributed by atoms with Crippen molar-refractivity contribution in [2.75, 3.05) is 44.6 Å². The number of hydrogen-bond donors (Lipinski definition) is 2. The molecule has 2 aromatic carbocycles. The molecule has 2 atom stereocenters. The standard InChI is InChI=1S/C33H34ClFN8O3/c1-21-18-22(5-6-23(21)32(44)41-13-15-42(16-14-41)33(45)25-4-2-3-10-38-25)40-26-19-37-11-12-43-27(20-39-31(26)43)24-7-8-28(46-17-9-36)30(35)29(24)34/h5-8,11-12,18-20,25-26,38,40H,2-4,10,13-17H2,1H3/t25-,26?/m0/s1. The minimum Gasteiger partial charge on any atom is -0.476 e. The van der Waals surface area contributed by atoms with E-state index in [0.717, 1.165) is 37.1 Å². The molecule has 3 aliphatic heterocycles. The summed E-state index contributed by atoms with van der Waals surface area (Å²) < 4.78 is 21.8. The normalized spacial score (nSPS) is 19.3. The van der Waals surface area contributed by atoms with Crippen molar-refractivity contribution >= 4 is 41.5 Å². The van der Waals surface area contributed by atoms with Gasteiger partial charge in [0.1, 0.15) is 17.9 Å². The van der Waals surface area contributed by atoms with Crippen LogP contribution in [0.5, 0.6) is 5.75 Å². The maximum atomic E-state index is 14.9. The molecule has 0 spiro atoms. The molecule has 1 aromatic heterocycles. The SMILES string of the molecule is Cc1cc(NC2C=NC=Cn3c(-c4ccc(OCC#N)c(F)c4Cl)cnc32)ccc1C(=O)N1CCN(C(=O)[C@@H]2CCCCN2)CC1.